The van der Waals surface area contributed by atoms with Gasteiger partial charge < -0.3 is 16.0 Å². The fraction of sp³-hybridized carbons (Fsp3) is 0.438. The van der Waals surface area contributed by atoms with Gasteiger partial charge in [0.1, 0.15) is 6.54 Å². The SMILES string of the molecule is CC1CC1C(=O)Nc1cccc(C(=O)NCC(=O)NCC(F)(F)F)c1. The molecule has 1 aromatic rings. The van der Waals surface area contributed by atoms with Crippen LogP contribution in [-0.2, 0) is 9.59 Å². The first-order valence-corrected chi connectivity index (χ1v) is 7.68. The van der Waals surface area contributed by atoms with Crippen LogP contribution in [0.3, 0.4) is 0 Å². The van der Waals surface area contributed by atoms with Gasteiger partial charge in [0.25, 0.3) is 5.91 Å². The zero-order chi connectivity index (χ0) is 18.6. The molecule has 0 heterocycles. The molecular weight excluding hydrogens is 339 g/mol. The van der Waals surface area contributed by atoms with Crippen LogP contribution < -0.4 is 16.0 Å². The van der Waals surface area contributed by atoms with Crippen molar-refractivity contribution < 1.29 is 27.6 Å². The van der Waals surface area contributed by atoms with Crippen LogP contribution in [0.1, 0.15) is 23.7 Å². The van der Waals surface area contributed by atoms with Crippen LogP contribution in [0.15, 0.2) is 24.3 Å². The van der Waals surface area contributed by atoms with Gasteiger partial charge in [-0.3, -0.25) is 14.4 Å². The van der Waals surface area contributed by atoms with E-state index in [0.717, 1.165) is 6.42 Å². The summed E-state index contributed by atoms with van der Waals surface area (Å²) in [7, 11) is 0. The normalized spacial score (nSPS) is 19.0. The van der Waals surface area contributed by atoms with Crippen molar-refractivity contribution in [3.63, 3.8) is 0 Å². The second-order valence-corrected chi connectivity index (χ2v) is 5.96. The molecule has 1 aromatic carbocycles. The molecule has 0 saturated heterocycles. The summed E-state index contributed by atoms with van der Waals surface area (Å²) >= 11 is 0. The Morgan fingerprint density at radius 2 is 1.88 bits per heavy atom. The average molecular weight is 357 g/mol. The van der Waals surface area contributed by atoms with Gasteiger partial charge in [-0.05, 0) is 30.5 Å². The summed E-state index contributed by atoms with van der Waals surface area (Å²) in [5.41, 5.74) is 0.628. The molecule has 25 heavy (non-hydrogen) atoms. The lowest BCUT2D eigenvalue weighted by Gasteiger charge is -2.10. The van der Waals surface area contributed by atoms with Crippen molar-refractivity contribution in [2.45, 2.75) is 19.5 Å². The molecule has 1 aliphatic carbocycles. The number of nitrogens with one attached hydrogen (secondary N) is 3. The third-order valence-corrected chi connectivity index (χ3v) is 3.73. The van der Waals surface area contributed by atoms with E-state index in [0.29, 0.717) is 11.6 Å². The van der Waals surface area contributed by atoms with E-state index in [1.54, 1.807) is 17.4 Å². The monoisotopic (exact) mass is 357 g/mol. The second kappa shape index (κ2) is 7.54. The molecule has 0 spiro atoms. The summed E-state index contributed by atoms with van der Waals surface area (Å²) in [5, 5.41) is 6.59. The first kappa shape index (κ1) is 18.8. The number of rotatable bonds is 6. The summed E-state index contributed by atoms with van der Waals surface area (Å²) in [4.78, 5) is 35.1. The Kier molecular flexibility index (Phi) is 5.66. The number of halogens is 3. The zero-order valence-electron chi connectivity index (χ0n) is 13.4. The molecule has 3 N–H and O–H groups in total. The van der Waals surface area contributed by atoms with E-state index >= 15 is 0 Å². The summed E-state index contributed by atoms with van der Waals surface area (Å²) in [6.45, 7) is -0.0636. The van der Waals surface area contributed by atoms with Crippen molar-refractivity contribution >= 4 is 23.4 Å². The molecule has 9 heteroatoms. The number of carbonyl (C=O) groups is 3. The van der Waals surface area contributed by atoms with Gasteiger partial charge in [-0.15, -0.1) is 0 Å². The number of anilines is 1. The maximum absolute atomic E-state index is 12.0. The first-order valence-electron chi connectivity index (χ1n) is 7.68. The quantitative estimate of drug-likeness (QED) is 0.724. The van der Waals surface area contributed by atoms with Crippen LogP contribution in [-0.4, -0.2) is 37.0 Å². The van der Waals surface area contributed by atoms with Crippen LogP contribution in [0, 0.1) is 11.8 Å². The third-order valence-electron chi connectivity index (χ3n) is 3.73. The van der Waals surface area contributed by atoms with Gasteiger partial charge in [0, 0.05) is 17.2 Å². The van der Waals surface area contributed by atoms with Crippen LogP contribution in [0.5, 0.6) is 0 Å². The van der Waals surface area contributed by atoms with E-state index in [2.05, 4.69) is 10.6 Å². The largest absolute Gasteiger partial charge is 0.405 e. The molecule has 0 bridgehead atoms. The van der Waals surface area contributed by atoms with Crippen LogP contribution in [0.2, 0.25) is 0 Å². The number of carbonyl (C=O) groups excluding carboxylic acids is 3. The molecule has 6 nitrogen and oxygen atoms in total. The van der Waals surface area contributed by atoms with Crippen LogP contribution in [0.25, 0.3) is 0 Å². The fourth-order valence-electron chi connectivity index (χ4n) is 2.18. The van der Waals surface area contributed by atoms with Gasteiger partial charge in [-0.25, -0.2) is 0 Å². The second-order valence-electron chi connectivity index (χ2n) is 5.96. The number of alkyl halides is 3. The summed E-state index contributed by atoms with van der Waals surface area (Å²) < 4.78 is 35.9. The lowest BCUT2D eigenvalue weighted by Crippen LogP contribution is -2.40. The van der Waals surface area contributed by atoms with Gasteiger partial charge in [-0.2, -0.15) is 13.2 Å². The fourth-order valence-corrected chi connectivity index (χ4v) is 2.18. The highest BCUT2D eigenvalue weighted by Gasteiger charge is 2.39. The summed E-state index contributed by atoms with van der Waals surface area (Å²) in [5.74, 6) is -1.36. The lowest BCUT2D eigenvalue weighted by atomic mass is 10.2. The van der Waals surface area contributed by atoms with Gasteiger partial charge in [-0.1, -0.05) is 13.0 Å². The van der Waals surface area contributed by atoms with Gasteiger partial charge in [0.15, 0.2) is 0 Å². The molecule has 2 atom stereocenters. The molecule has 2 unspecified atom stereocenters. The van der Waals surface area contributed by atoms with Crippen LogP contribution >= 0.6 is 0 Å². The Balaban J connectivity index is 1.84. The smallest absolute Gasteiger partial charge is 0.345 e. The molecule has 2 rings (SSSR count). The molecule has 1 aliphatic rings. The highest BCUT2D eigenvalue weighted by molar-refractivity contribution is 5.99. The standard InChI is InChI=1S/C16H18F3N3O3/c1-9-5-12(9)15(25)22-11-4-2-3-10(6-11)14(24)20-7-13(23)21-8-16(17,18)19/h2-4,6,9,12H,5,7-8H2,1H3,(H,20,24)(H,21,23)(H,22,25). The Morgan fingerprint density at radius 3 is 2.48 bits per heavy atom. The van der Waals surface area contributed by atoms with Gasteiger partial charge in [0.2, 0.25) is 11.8 Å². The van der Waals surface area contributed by atoms with Crippen molar-refractivity contribution in [2.24, 2.45) is 11.8 Å². The minimum atomic E-state index is -4.51. The van der Waals surface area contributed by atoms with Crippen molar-refractivity contribution in [1.29, 1.82) is 0 Å². The molecule has 0 radical (unpaired) electrons. The zero-order valence-corrected chi connectivity index (χ0v) is 13.4. The Morgan fingerprint density at radius 1 is 1.20 bits per heavy atom. The van der Waals surface area contributed by atoms with Crippen LogP contribution in [0.4, 0.5) is 18.9 Å². The lowest BCUT2D eigenvalue weighted by molar-refractivity contribution is -0.137. The molecule has 1 fully saturated rings. The third kappa shape index (κ3) is 6.09. The number of amides is 3. The molecule has 0 aromatic heterocycles. The predicted octanol–water partition coefficient (Wildman–Crippen LogP) is 1.69. The summed E-state index contributed by atoms with van der Waals surface area (Å²) in [6.07, 6.45) is -3.68. The Labute approximate surface area is 142 Å². The van der Waals surface area contributed by atoms with E-state index < -0.39 is 31.1 Å². The van der Waals surface area contributed by atoms with Gasteiger partial charge >= 0.3 is 6.18 Å². The maximum atomic E-state index is 12.0. The summed E-state index contributed by atoms with van der Waals surface area (Å²) in [6, 6.07) is 6.09. The van der Waals surface area contributed by atoms with Crippen molar-refractivity contribution in [3.05, 3.63) is 29.8 Å². The number of benzene rings is 1. The van der Waals surface area contributed by atoms with Crippen molar-refractivity contribution in [3.8, 4) is 0 Å². The van der Waals surface area contributed by atoms with E-state index in [1.165, 1.54) is 12.1 Å². The van der Waals surface area contributed by atoms with Gasteiger partial charge in [0.05, 0.1) is 6.54 Å². The molecule has 0 aliphatic heterocycles. The van der Waals surface area contributed by atoms with Crippen molar-refractivity contribution in [2.75, 3.05) is 18.4 Å². The minimum absolute atomic E-state index is 0.0187. The maximum Gasteiger partial charge on any atom is 0.405 e. The predicted molar refractivity (Wildman–Crippen MR) is 83.7 cm³/mol. The average Bonchev–Trinajstić information content (AvgIpc) is 3.27. The Bertz CT molecular complexity index is 676. The molecule has 1 saturated carbocycles. The highest BCUT2D eigenvalue weighted by Crippen LogP contribution is 2.38. The van der Waals surface area contributed by atoms with E-state index in [-0.39, 0.29) is 17.4 Å². The first-order chi connectivity index (χ1) is 11.7. The molecular formula is C16H18F3N3O3. The number of hydrogen-bond donors (Lipinski definition) is 3. The Hall–Kier alpha value is -2.58. The minimum Gasteiger partial charge on any atom is -0.345 e. The van der Waals surface area contributed by atoms with E-state index in [4.69, 9.17) is 0 Å². The van der Waals surface area contributed by atoms with E-state index in [1.807, 2.05) is 6.92 Å². The van der Waals surface area contributed by atoms with E-state index in [9.17, 15) is 27.6 Å². The molecule has 136 valence electrons. The topological polar surface area (TPSA) is 87.3 Å². The highest BCUT2D eigenvalue weighted by atomic mass is 19.4. The molecule has 3 amide bonds. The van der Waals surface area contributed by atoms with Crippen molar-refractivity contribution in [1.82, 2.24) is 10.6 Å². The number of hydrogen-bond acceptors (Lipinski definition) is 3.